The van der Waals surface area contributed by atoms with Crippen molar-refractivity contribution >= 4 is 23.2 Å². The minimum Gasteiger partial charge on any atom is -0.381 e. The van der Waals surface area contributed by atoms with Crippen LogP contribution in [0.25, 0.3) is 0 Å². The van der Waals surface area contributed by atoms with E-state index in [0.717, 1.165) is 19.3 Å². The molecule has 1 aliphatic rings. The summed E-state index contributed by atoms with van der Waals surface area (Å²) in [7, 11) is 0. The molecule has 1 aliphatic carbocycles. The van der Waals surface area contributed by atoms with Gasteiger partial charge in [0.25, 0.3) is 5.91 Å². The van der Waals surface area contributed by atoms with E-state index in [-0.39, 0.29) is 0 Å². The summed E-state index contributed by atoms with van der Waals surface area (Å²) in [6.07, 6.45) is 3.35. The van der Waals surface area contributed by atoms with Crippen LogP contribution in [0.5, 0.6) is 0 Å². The van der Waals surface area contributed by atoms with Gasteiger partial charge >= 0.3 is 0 Å². The van der Waals surface area contributed by atoms with E-state index in [2.05, 4.69) is 5.32 Å². The van der Waals surface area contributed by atoms with Crippen LogP contribution in [-0.2, 0) is 0 Å². The maximum absolute atomic E-state index is 11.4. The highest BCUT2D eigenvalue weighted by Gasteiger charge is 2.26. The van der Waals surface area contributed by atoms with Gasteiger partial charge in [-0.25, -0.2) is 0 Å². The number of rotatable bonds is 4. The minimum absolute atomic E-state index is 0.298. The Balaban J connectivity index is 2.22. The average molecular weight is 268 g/mol. The number of hydrogen-bond donors (Lipinski definition) is 3. The summed E-state index contributed by atoms with van der Waals surface area (Å²) in [5.74, 6) is 0.00108. The number of amides is 1. The molecule has 98 valence electrons. The first kappa shape index (κ1) is 13.2. The Bertz CT molecular complexity index is 450. The number of halogens is 1. The van der Waals surface area contributed by atoms with Crippen LogP contribution in [0.1, 0.15) is 29.6 Å². The maximum Gasteiger partial charge on any atom is 0.250 e. The summed E-state index contributed by atoms with van der Waals surface area (Å²) in [5, 5.41) is 3.96. The van der Waals surface area contributed by atoms with Gasteiger partial charge < -0.3 is 16.8 Å². The number of benzene rings is 1. The molecule has 1 aromatic rings. The van der Waals surface area contributed by atoms with Crippen molar-refractivity contribution in [1.82, 2.24) is 0 Å². The Labute approximate surface area is 112 Å². The number of hydrogen-bond acceptors (Lipinski definition) is 3. The Morgan fingerprint density at radius 3 is 2.89 bits per heavy atom. The monoisotopic (exact) mass is 267 g/mol. The van der Waals surface area contributed by atoms with Crippen LogP contribution in [0, 0.1) is 5.92 Å². The van der Waals surface area contributed by atoms with E-state index < -0.39 is 5.91 Å². The summed E-state index contributed by atoms with van der Waals surface area (Å²) in [6, 6.07) is 5.36. The van der Waals surface area contributed by atoms with E-state index in [1.54, 1.807) is 18.2 Å². The van der Waals surface area contributed by atoms with Gasteiger partial charge in [-0.15, -0.1) is 0 Å². The van der Waals surface area contributed by atoms with Gasteiger partial charge in [0.2, 0.25) is 0 Å². The molecule has 0 aromatic heterocycles. The van der Waals surface area contributed by atoms with Crippen LogP contribution >= 0.6 is 11.6 Å². The van der Waals surface area contributed by atoms with Gasteiger partial charge in [0, 0.05) is 16.8 Å². The Morgan fingerprint density at radius 2 is 2.22 bits per heavy atom. The van der Waals surface area contributed by atoms with Gasteiger partial charge in [-0.3, -0.25) is 4.79 Å². The SMILES string of the molecule is NCC1CCCC1Nc1cc(Cl)ccc1C(N)=O. The fourth-order valence-corrected chi connectivity index (χ4v) is 2.73. The Morgan fingerprint density at radius 1 is 1.44 bits per heavy atom. The fraction of sp³-hybridized carbons (Fsp3) is 0.462. The lowest BCUT2D eigenvalue weighted by atomic mass is 10.0. The average Bonchev–Trinajstić information content (AvgIpc) is 2.76. The quantitative estimate of drug-likeness (QED) is 0.780. The molecule has 0 heterocycles. The number of primary amides is 1. The van der Waals surface area contributed by atoms with Crippen molar-refractivity contribution < 1.29 is 4.79 Å². The lowest BCUT2D eigenvalue weighted by molar-refractivity contribution is 0.100. The first-order chi connectivity index (χ1) is 8.61. The van der Waals surface area contributed by atoms with Crippen molar-refractivity contribution in [3.05, 3.63) is 28.8 Å². The lowest BCUT2D eigenvalue weighted by Crippen LogP contribution is -2.30. The smallest absolute Gasteiger partial charge is 0.250 e. The van der Waals surface area contributed by atoms with Gasteiger partial charge in [0.15, 0.2) is 0 Å². The highest BCUT2D eigenvalue weighted by Crippen LogP contribution is 2.30. The summed E-state index contributed by atoms with van der Waals surface area (Å²) in [5.41, 5.74) is 12.3. The van der Waals surface area contributed by atoms with Gasteiger partial charge in [-0.05, 0) is 43.5 Å². The van der Waals surface area contributed by atoms with E-state index in [0.29, 0.717) is 34.8 Å². The number of anilines is 1. The topological polar surface area (TPSA) is 81.1 Å². The van der Waals surface area contributed by atoms with Crippen LogP contribution in [0.2, 0.25) is 5.02 Å². The van der Waals surface area contributed by atoms with Crippen LogP contribution in [-0.4, -0.2) is 18.5 Å². The number of nitrogens with two attached hydrogens (primary N) is 2. The predicted octanol–water partition coefficient (Wildman–Crippen LogP) is 1.98. The largest absolute Gasteiger partial charge is 0.381 e. The van der Waals surface area contributed by atoms with Crippen molar-refractivity contribution in [2.45, 2.75) is 25.3 Å². The number of nitrogens with one attached hydrogen (secondary N) is 1. The van der Waals surface area contributed by atoms with Crippen LogP contribution in [0.4, 0.5) is 5.69 Å². The second kappa shape index (κ2) is 5.59. The van der Waals surface area contributed by atoms with Gasteiger partial charge in [-0.2, -0.15) is 0 Å². The summed E-state index contributed by atoms with van der Waals surface area (Å²) in [4.78, 5) is 11.4. The van der Waals surface area contributed by atoms with Crippen molar-refractivity contribution in [1.29, 1.82) is 0 Å². The summed E-state index contributed by atoms with van der Waals surface area (Å²) < 4.78 is 0. The van der Waals surface area contributed by atoms with Crippen LogP contribution in [0.3, 0.4) is 0 Å². The molecule has 18 heavy (non-hydrogen) atoms. The second-order valence-electron chi connectivity index (χ2n) is 4.73. The third-order valence-corrected chi connectivity index (χ3v) is 3.78. The molecule has 1 amide bonds. The van der Waals surface area contributed by atoms with E-state index >= 15 is 0 Å². The zero-order valence-corrected chi connectivity index (χ0v) is 10.9. The summed E-state index contributed by atoms with van der Waals surface area (Å²) >= 11 is 5.96. The van der Waals surface area contributed by atoms with Crippen LogP contribution < -0.4 is 16.8 Å². The van der Waals surface area contributed by atoms with Gasteiger partial charge in [0.1, 0.15) is 0 Å². The van der Waals surface area contributed by atoms with Gasteiger partial charge in [0.05, 0.1) is 5.56 Å². The minimum atomic E-state index is -0.448. The molecule has 1 aromatic carbocycles. The highest BCUT2D eigenvalue weighted by atomic mass is 35.5. The molecule has 5 heteroatoms. The molecular weight excluding hydrogens is 250 g/mol. The first-order valence-electron chi connectivity index (χ1n) is 6.17. The Kier molecular flexibility index (Phi) is 4.09. The number of carbonyl (C=O) groups excluding carboxylic acids is 1. The van der Waals surface area contributed by atoms with E-state index in [4.69, 9.17) is 23.1 Å². The molecule has 2 unspecified atom stereocenters. The molecular formula is C13H18ClN3O. The molecule has 2 rings (SSSR count). The molecule has 0 spiro atoms. The van der Waals surface area contributed by atoms with Crippen molar-refractivity contribution in [2.75, 3.05) is 11.9 Å². The molecule has 0 aliphatic heterocycles. The van der Waals surface area contributed by atoms with Crippen molar-refractivity contribution in [2.24, 2.45) is 17.4 Å². The summed E-state index contributed by atoms with van der Waals surface area (Å²) in [6.45, 7) is 0.657. The molecule has 0 saturated heterocycles. The molecule has 4 nitrogen and oxygen atoms in total. The molecule has 5 N–H and O–H groups in total. The molecule has 0 radical (unpaired) electrons. The molecule has 1 fully saturated rings. The van der Waals surface area contributed by atoms with E-state index in [1.807, 2.05) is 0 Å². The molecule has 2 atom stereocenters. The van der Waals surface area contributed by atoms with E-state index in [9.17, 15) is 4.79 Å². The number of carbonyl (C=O) groups is 1. The maximum atomic E-state index is 11.4. The third kappa shape index (κ3) is 2.76. The lowest BCUT2D eigenvalue weighted by Gasteiger charge is -2.22. The molecule has 0 bridgehead atoms. The molecule has 1 saturated carbocycles. The van der Waals surface area contributed by atoms with Crippen molar-refractivity contribution in [3.8, 4) is 0 Å². The third-order valence-electron chi connectivity index (χ3n) is 3.55. The standard InChI is InChI=1S/C13H18ClN3O/c14-9-4-5-10(13(16)18)12(6-9)17-11-3-1-2-8(11)7-15/h4-6,8,11,17H,1-3,7,15H2,(H2,16,18). The zero-order chi connectivity index (χ0) is 13.1. The van der Waals surface area contributed by atoms with Crippen molar-refractivity contribution in [3.63, 3.8) is 0 Å². The second-order valence-corrected chi connectivity index (χ2v) is 5.17. The zero-order valence-electron chi connectivity index (χ0n) is 10.2. The normalized spacial score (nSPS) is 23.0. The van der Waals surface area contributed by atoms with Crippen LogP contribution in [0.15, 0.2) is 18.2 Å². The highest BCUT2D eigenvalue weighted by molar-refractivity contribution is 6.31. The predicted molar refractivity (Wildman–Crippen MR) is 73.8 cm³/mol. The first-order valence-corrected chi connectivity index (χ1v) is 6.55. The van der Waals surface area contributed by atoms with E-state index in [1.165, 1.54) is 0 Å². The van der Waals surface area contributed by atoms with Gasteiger partial charge in [-0.1, -0.05) is 18.0 Å². The fourth-order valence-electron chi connectivity index (χ4n) is 2.56. The Hall–Kier alpha value is -1.26.